The second-order valence-corrected chi connectivity index (χ2v) is 17.2. The Morgan fingerprint density at radius 3 is 2.22 bits per heavy atom. The summed E-state index contributed by atoms with van der Waals surface area (Å²) < 4.78 is 16.7. The van der Waals surface area contributed by atoms with E-state index in [1.807, 2.05) is 26.8 Å². The van der Waals surface area contributed by atoms with Crippen molar-refractivity contribution < 1.29 is 64.0 Å². The van der Waals surface area contributed by atoms with Crippen LogP contribution in [-0.2, 0) is 33.4 Å². The van der Waals surface area contributed by atoms with E-state index in [0.717, 1.165) is 6.08 Å². The molecule has 0 radical (unpaired) electrons. The van der Waals surface area contributed by atoms with Crippen molar-refractivity contribution in [2.24, 2.45) is 39.4 Å². The molecular weight excluding hydrogens is 664 g/mol. The second kappa shape index (κ2) is 12.7. The number of rotatable bonds is 8. The van der Waals surface area contributed by atoms with Crippen molar-refractivity contribution in [1.29, 1.82) is 0 Å². The Labute approximate surface area is 298 Å². The molecule has 5 rings (SSSR count). The van der Waals surface area contributed by atoms with E-state index in [0.29, 0.717) is 12.0 Å². The number of aliphatic hydroxyl groups excluding tert-OH is 5. The summed E-state index contributed by atoms with van der Waals surface area (Å²) in [6, 6.07) is 0. The number of ketones is 3. The number of Topliss-reactive ketones (excluding diaryl/α,β-unsaturated/α-hetero) is 2. The van der Waals surface area contributed by atoms with Gasteiger partial charge in [0.05, 0.1) is 18.1 Å². The molecule has 284 valence electrons. The maximum Gasteiger partial charge on any atom is 0.303 e. The molecule has 51 heavy (non-hydrogen) atoms. The first kappa shape index (κ1) is 39.4. The van der Waals surface area contributed by atoms with Gasteiger partial charge in [-0.15, -0.1) is 0 Å². The summed E-state index contributed by atoms with van der Waals surface area (Å²) in [7, 11) is 0. The van der Waals surface area contributed by atoms with Crippen molar-refractivity contribution in [2.75, 3.05) is 6.61 Å². The molecule has 0 aromatic heterocycles. The van der Waals surface area contributed by atoms with E-state index in [9.17, 15) is 49.8 Å². The van der Waals surface area contributed by atoms with Crippen molar-refractivity contribution in [2.45, 2.75) is 130 Å². The van der Waals surface area contributed by atoms with Gasteiger partial charge in [-0.1, -0.05) is 32.4 Å². The molecule has 0 aromatic rings. The largest absolute Gasteiger partial charge is 0.459 e. The lowest BCUT2D eigenvalue weighted by Crippen LogP contribution is -2.64. The summed E-state index contributed by atoms with van der Waals surface area (Å²) in [5, 5.41) is 64.6. The number of carbonyl (C=O) groups is 4. The fourth-order valence-electron chi connectivity index (χ4n) is 10.3. The Hall–Kier alpha value is -2.78. The van der Waals surface area contributed by atoms with E-state index in [1.165, 1.54) is 19.9 Å². The topological polar surface area (TPSA) is 217 Å². The minimum atomic E-state index is -2.09. The van der Waals surface area contributed by atoms with Crippen molar-refractivity contribution >= 4 is 23.3 Å². The Bertz CT molecular complexity index is 1570. The lowest BCUT2D eigenvalue weighted by atomic mass is 9.39. The van der Waals surface area contributed by atoms with Gasteiger partial charge in [-0.3, -0.25) is 19.2 Å². The molecule has 0 aromatic carbocycles. The predicted octanol–water partition coefficient (Wildman–Crippen LogP) is 1.45. The summed E-state index contributed by atoms with van der Waals surface area (Å²) in [4.78, 5) is 53.9. The fraction of sp³-hybridized carbons (Fsp3) is 0.737. The van der Waals surface area contributed by atoms with Gasteiger partial charge >= 0.3 is 5.97 Å². The molecule has 13 atom stereocenters. The molecule has 0 bridgehead atoms. The second-order valence-electron chi connectivity index (χ2n) is 17.2. The van der Waals surface area contributed by atoms with E-state index in [1.54, 1.807) is 33.8 Å². The smallest absolute Gasteiger partial charge is 0.303 e. The fourth-order valence-corrected chi connectivity index (χ4v) is 10.3. The number of hydrogen-bond donors (Lipinski definition) is 6. The maximum absolute atomic E-state index is 14.8. The third kappa shape index (κ3) is 5.87. The Kier molecular flexibility index (Phi) is 9.80. The third-order valence-corrected chi connectivity index (χ3v) is 13.3. The Morgan fingerprint density at radius 2 is 1.63 bits per heavy atom. The number of aliphatic hydroxyl groups is 6. The van der Waals surface area contributed by atoms with Crippen LogP contribution in [0.3, 0.4) is 0 Å². The minimum Gasteiger partial charge on any atom is -0.459 e. The van der Waals surface area contributed by atoms with Crippen molar-refractivity contribution in [3.05, 3.63) is 35.6 Å². The summed E-state index contributed by atoms with van der Waals surface area (Å²) in [6.07, 6.45) is -2.57. The molecule has 6 N–H and O–H groups in total. The zero-order valence-corrected chi connectivity index (χ0v) is 30.9. The normalized spacial score (nSPS) is 43.3. The van der Waals surface area contributed by atoms with Crippen molar-refractivity contribution in [1.82, 2.24) is 0 Å². The highest BCUT2D eigenvalue weighted by atomic mass is 16.7. The average Bonchev–Trinajstić information content (AvgIpc) is 3.22. The maximum atomic E-state index is 14.8. The number of fused-ring (bicyclic) bond motifs is 5. The van der Waals surface area contributed by atoms with Gasteiger partial charge in [0.15, 0.2) is 11.5 Å². The third-order valence-electron chi connectivity index (χ3n) is 13.3. The number of esters is 1. The van der Waals surface area contributed by atoms with Gasteiger partial charge in [0.2, 0.25) is 12.1 Å². The van der Waals surface area contributed by atoms with Crippen LogP contribution in [0.5, 0.6) is 0 Å². The standard InChI is InChI=1S/C38H54O13/c1-18(40)51-33(2,3)13-12-25(42)38(9,48)30-21(41)15-35(6)24-11-10-19-20(37(24,8)26(43)16-36(30,35)7)14-22(31(47)34(19,4)5)49-32-29(46)28(45)27(44)23(17-39)50-32/h10,12-14,20-21,23-24,27-30,32,39,41,44-46,48H,11,15-17H2,1-9H3/t20-,21?,23-,24+,27-,28+,29-,30+,32-,35+,36-,37+,38+/m1/s1. The highest BCUT2D eigenvalue weighted by Crippen LogP contribution is 2.73. The monoisotopic (exact) mass is 718 g/mol. The first-order chi connectivity index (χ1) is 23.3. The molecule has 1 saturated heterocycles. The van der Waals surface area contributed by atoms with Gasteiger partial charge in [-0.2, -0.15) is 0 Å². The van der Waals surface area contributed by atoms with Crippen molar-refractivity contribution in [3.63, 3.8) is 0 Å². The molecule has 1 aliphatic heterocycles. The van der Waals surface area contributed by atoms with E-state index in [2.05, 4.69) is 0 Å². The molecular formula is C38H54O13. The molecule has 1 heterocycles. The molecule has 13 heteroatoms. The Balaban J connectivity index is 1.52. The summed E-state index contributed by atoms with van der Waals surface area (Å²) in [6.45, 7) is 14.2. The van der Waals surface area contributed by atoms with Gasteiger partial charge in [0.1, 0.15) is 41.4 Å². The number of allylic oxidation sites excluding steroid dienone is 4. The number of carbonyl (C=O) groups excluding carboxylic acids is 4. The molecule has 1 unspecified atom stereocenters. The zero-order chi connectivity index (χ0) is 38.4. The molecule has 0 amide bonds. The van der Waals surface area contributed by atoms with Crippen LogP contribution in [0.2, 0.25) is 0 Å². The molecule has 0 spiro atoms. The van der Waals surface area contributed by atoms with Crippen LogP contribution in [0.4, 0.5) is 0 Å². The Morgan fingerprint density at radius 1 is 1.00 bits per heavy atom. The number of hydrogen-bond acceptors (Lipinski definition) is 13. The number of ether oxygens (including phenoxy) is 3. The molecule has 5 aliphatic rings. The van der Waals surface area contributed by atoms with Gasteiger partial charge in [0, 0.05) is 30.6 Å². The minimum absolute atomic E-state index is 0.0841. The summed E-state index contributed by atoms with van der Waals surface area (Å²) in [5.74, 6) is -4.17. The highest BCUT2D eigenvalue weighted by Gasteiger charge is 2.74. The van der Waals surface area contributed by atoms with E-state index < -0.39 is 112 Å². The van der Waals surface area contributed by atoms with Gasteiger partial charge in [-0.25, -0.2) is 0 Å². The predicted molar refractivity (Wildman–Crippen MR) is 180 cm³/mol. The zero-order valence-electron chi connectivity index (χ0n) is 30.9. The molecule has 2 saturated carbocycles. The quantitative estimate of drug-likeness (QED) is 0.119. The first-order valence-electron chi connectivity index (χ1n) is 17.6. The molecule has 13 nitrogen and oxygen atoms in total. The van der Waals surface area contributed by atoms with Gasteiger partial charge in [-0.05, 0) is 82.4 Å². The van der Waals surface area contributed by atoms with Crippen LogP contribution >= 0.6 is 0 Å². The lowest BCUT2D eigenvalue weighted by molar-refractivity contribution is -0.291. The SMILES string of the molecule is CC(=O)OC(C)(C)C=CC(=O)[C@](C)(O)[C@H]1C(O)C[C@@]2(C)[C@@H]3CC=C4[C@@H](C=C(O[C@@H]5O[C@H](CO)[C@@H](O)[C@H](O)[C@H]5O)C(=O)C4(C)C)[C@]3(C)C(=O)C[C@]12C. The van der Waals surface area contributed by atoms with Crippen LogP contribution in [-0.4, -0.2) is 109 Å². The van der Waals surface area contributed by atoms with E-state index in [-0.39, 0.29) is 24.4 Å². The summed E-state index contributed by atoms with van der Waals surface area (Å²) >= 11 is 0. The van der Waals surface area contributed by atoms with Gasteiger partial charge < -0.3 is 44.8 Å². The van der Waals surface area contributed by atoms with Crippen LogP contribution < -0.4 is 0 Å². The average molecular weight is 719 g/mol. The van der Waals surface area contributed by atoms with Crippen LogP contribution in [0, 0.1) is 39.4 Å². The summed E-state index contributed by atoms with van der Waals surface area (Å²) in [5.41, 5.74) is -6.62. The van der Waals surface area contributed by atoms with Crippen LogP contribution in [0.25, 0.3) is 0 Å². The van der Waals surface area contributed by atoms with E-state index >= 15 is 0 Å². The van der Waals surface area contributed by atoms with Crippen molar-refractivity contribution in [3.8, 4) is 0 Å². The first-order valence-corrected chi connectivity index (χ1v) is 17.6. The van der Waals surface area contributed by atoms with Gasteiger partial charge in [0.25, 0.3) is 0 Å². The van der Waals surface area contributed by atoms with Crippen LogP contribution in [0.15, 0.2) is 35.6 Å². The highest BCUT2D eigenvalue weighted by molar-refractivity contribution is 6.02. The van der Waals surface area contributed by atoms with Crippen LogP contribution in [0.1, 0.15) is 81.6 Å². The molecule has 3 fully saturated rings. The van der Waals surface area contributed by atoms with E-state index in [4.69, 9.17) is 14.2 Å². The lowest BCUT2D eigenvalue weighted by Gasteiger charge is -2.63. The molecule has 4 aliphatic carbocycles.